The summed E-state index contributed by atoms with van der Waals surface area (Å²) in [5.41, 5.74) is 12.5. The van der Waals surface area contributed by atoms with Crippen LogP contribution in [0.3, 0.4) is 0 Å². The Morgan fingerprint density at radius 3 is 2.59 bits per heavy atom. The van der Waals surface area contributed by atoms with Crippen LogP contribution in [0.1, 0.15) is 49.8 Å². The SMILES string of the molecule is C[C@H](CNc1nc(OCC2(CN3CCC(C(F)F)CC3)CC2)nc2c(F)c(-c3ccc(F)c4sc(N)c(C#N)c34)c(Cl)cc12)c1nccnc1N. The van der Waals surface area contributed by atoms with Gasteiger partial charge in [0.15, 0.2) is 5.82 Å². The molecule has 51 heavy (non-hydrogen) atoms. The lowest BCUT2D eigenvalue weighted by molar-refractivity contribution is 0.0278. The van der Waals surface area contributed by atoms with Crippen molar-refractivity contribution in [1.29, 1.82) is 5.26 Å². The zero-order valence-corrected chi connectivity index (χ0v) is 29.1. The maximum atomic E-state index is 16.9. The molecule has 2 aliphatic rings. The van der Waals surface area contributed by atoms with E-state index in [1.54, 1.807) is 6.20 Å². The fraction of sp³-hybridized carbons (Fsp3) is 0.400. The summed E-state index contributed by atoms with van der Waals surface area (Å²) in [6.07, 6.45) is 3.42. The summed E-state index contributed by atoms with van der Waals surface area (Å²) < 4.78 is 64.5. The monoisotopic (exact) mass is 739 g/mol. The van der Waals surface area contributed by atoms with Crippen LogP contribution in [0, 0.1) is 34.3 Å². The van der Waals surface area contributed by atoms with Gasteiger partial charge in [-0.2, -0.15) is 15.2 Å². The van der Waals surface area contributed by atoms with Crippen LogP contribution in [0.25, 0.3) is 32.1 Å². The summed E-state index contributed by atoms with van der Waals surface area (Å²) in [5.74, 6) is -1.68. The zero-order valence-electron chi connectivity index (χ0n) is 27.5. The third kappa shape index (κ3) is 6.80. The topological polar surface area (TPSA) is 152 Å². The number of nitrogens with one attached hydrogen (secondary N) is 1. The van der Waals surface area contributed by atoms with E-state index in [-0.39, 0.29) is 89.8 Å². The lowest BCUT2D eigenvalue weighted by atomic mass is 9.96. The summed E-state index contributed by atoms with van der Waals surface area (Å²) >= 11 is 7.68. The van der Waals surface area contributed by atoms with Crippen LogP contribution >= 0.6 is 22.9 Å². The predicted molar refractivity (Wildman–Crippen MR) is 190 cm³/mol. The van der Waals surface area contributed by atoms with Crippen molar-refractivity contribution in [3.05, 3.63) is 58.5 Å². The number of rotatable bonds is 11. The number of aromatic nitrogens is 4. The van der Waals surface area contributed by atoms with E-state index in [0.29, 0.717) is 38.2 Å². The second-order valence-corrected chi connectivity index (χ2v) is 14.9. The van der Waals surface area contributed by atoms with E-state index in [2.05, 4.69) is 30.2 Å². The van der Waals surface area contributed by atoms with Gasteiger partial charge in [0.25, 0.3) is 0 Å². The van der Waals surface area contributed by atoms with Gasteiger partial charge in [-0.25, -0.2) is 22.5 Å². The fourth-order valence-electron chi connectivity index (χ4n) is 6.80. The number of halogens is 5. The van der Waals surface area contributed by atoms with E-state index in [4.69, 9.17) is 27.8 Å². The first-order valence-electron chi connectivity index (χ1n) is 16.5. The van der Waals surface area contributed by atoms with Gasteiger partial charge in [0, 0.05) is 59.1 Å². The molecule has 10 nitrogen and oxygen atoms in total. The van der Waals surface area contributed by atoms with Gasteiger partial charge in [0.2, 0.25) is 6.43 Å². The summed E-state index contributed by atoms with van der Waals surface area (Å²) in [6.45, 7) is 4.32. The number of alkyl halides is 2. The molecule has 266 valence electrons. The Morgan fingerprint density at radius 2 is 1.90 bits per heavy atom. The first kappa shape index (κ1) is 34.9. The molecule has 2 aromatic carbocycles. The molecule has 5 N–H and O–H groups in total. The Hall–Kier alpha value is -4.52. The Bertz CT molecular complexity index is 2170. The Balaban J connectivity index is 1.25. The van der Waals surface area contributed by atoms with Crippen LogP contribution in [0.5, 0.6) is 6.01 Å². The maximum Gasteiger partial charge on any atom is 0.319 e. The van der Waals surface area contributed by atoms with Crippen molar-refractivity contribution in [1.82, 2.24) is 24.8 Å². The highest BCUT2D eigenvalue weighted by atomic mass is 35.5. The second kappa shape index (κ2) is 13.9. The molecule has 3 aromatic heterocycles. The molecule has 1 aliphatic carbocycles. The average Bonchev–Trinajstić information content (AvgIpc) is 3.79. The number of thiophene rings is 1. The van der Waals surface area contributed by atoms with Crippen LogP contribution in [0.15, 0.2) is 30.6 Å². The molecule has 1 saturated carbocycles. The largest absolute Gasteiger partial charge is 0.463 e. The molecule has 7 rings (SSSR count). The number of piperidine rings is 1. The third-order valence-electron chi connectivity index (χ3n) is 9.87. The van der Waals surface area contributed by atoms with Gasteiger partial charge in [-0.15, -0.1) is 11.3 Å². The molecule has 0 spiro atoms. The van der Waals surface area contributed by atoms with Gasteiger partial charge >= 0.3 is 6.01 Å². The highest BCUT2D eigenvalue weighted by Gasteiger charge is 2.45. The van der Waals surface area contributed by atoms with Crippen molar-refractivity contribution >= 4 is 60.6 Å². The van der Waals surface area contributed by atoms with Crippen molar-refractivity contribution < 1.29 is 22.3 Å². The summed E-state index contributed by atoms with van der Waals surface area (Å²) in [6, 6.07) is 6.00. The van der Waals surface area contributed by atoms with Crippen molar-refractivity contribution in [3.8, 4) is 23.2 Å². The van der Waals surface area contributed by atoms with Gasteiger partial charge in [0.05, 0.1) is 27.6 Å². The Kier molecular flexibility index (Phi) is 9.51. The molecule has 4 heterocycles. The minimum absolute atomic E-state index is 0.0133. The van der Waals surface area contributed by atoms with Crippen LogP contribution in [0.2, 0.25) is 5.02 Å². The van der Waals surface area contributed by atoms with Crippen molar-refractivity contribution in [2.75, 3.05) is 49.6 Å². The van der Waals surface area contributed by atoms with Gasteiger partial charge in [0.1, 0.15) is 34.0 Å². The molecule has 0 unspecified atom stereocenters. The van der Waals surface area contributed by atoms with E-state index in [9.17, 15) is 18.4 Å². The van der Waals surface area contributed by atoms with E-state index in [1.165, 1.54) is 24.4 Å². The number of benzene rings is 2. The molecule has 5 aromatic rings. The number of nitrogens with zero attached hydrogens (tertiary/aromatic N) is 6. The Morgan fingerprint density at radius 1 is 1.16 bits per heavy atom. The van der Waals surface area contributed by atoms with E-state index in [1.807, 2.05) is 13.0 Å². The number of nitriles is 1. The summed E-state index contributed by atoms with van der Waals surface area (Å²) in [5, 5.41) is 13.6. The lowest BCUT2D eigenvalue weighted by Gasteiger charge is -2.34. The van der Waals surface area contributed by atoms with E-state index in [0.717, 1.165) is 24.2 Å². The fourth-order valence-corrected chi connectivity index (χ4v) is 8.04. The quantitative estimate of drug-likeness (QED) is 0.115. The minimum atomic E-state index is -2.30. The standard InChI is InChI=1S/C35H34ClF4N9OS/c1-17(27-31(42)45-9-8-44-27)14-46-33-20-12-22(36)25(19-2-3-23(37)29-24(19)21(13-41)32(43)51-29)26(38)28(20)47-34(48-33)50-16-35(6-7-35)15-49-10-4-18(5-11-49)30(39)40/h2-3,8-9,12,17-18,30H,4-7,10-11,14-16,43H2,1H3,(H2,42,45)(H,46,47,48)/t17-/m1/s1. The normalized spacial score (nSPS) is 16.8. The van der Waals surface area contributed by atoms with Crippen LogP contribution in [0.4, 0.5) is 34.2 Å². The molecule has 0 radical (unpaired) electrons. The smallest absolute Gasteiger partial charge is 0.319 e. The number of likely N-dealkylation sites (tertiary alicyclic amines) is 1. The summed E-state index contributed by atoms with van der Waals surface area (Å²) in [4.78, 5) is 19.8. The zero-order chi connectivity index (χ0) is 36.0. The van der Waals surface area contributed by atoms with E-state index < -0.39 is 24.0 Å². The highest BCUT2D eigenvalue weighted by Crippen LogP contribution is 2.48. The third-order valence-corrected chi connectivity index (χ3v) is 11.2. The minimum Gasteiger partial charge on any atom is -0.463 e. The van der Waals surface area contributed by atoms with Gasteiger partial charge < -0.3 is 26.4 Å². The molecule has 16 heteroatoms. The highest BCUT2D eigenvalue weighted by molar-refractivity contribution is 7.23. The molecule has 1 aliphatic heterocycles. The average molecular weight is 740 g/mol. The molecule has 0 bridgehead atoms. The van der Waals surface area contributed by atoms with E-state index >= 15 is 4.39 Å². The lowest BCUT2D eigenvalue weighted by Crippen LogP contribution is -2.40. The molecule has 1 saturated heterocycles. The number of nitrogens with two attached hydrogens (primary N) is 2. The van der Waals surface area contributed by atoms with Crippen molar-refractivity contribution in [3.63, 3.8) is 0 Å². The van der Waals surface area contributed by atoms with Gasteiger partial charge in [-0.3, -0.25) is 4.98 Å². The maximum absolute atomic E-state index is 16.9. The number of hydrogen-bond acceptors (Lipinski definition) is 11. The van der Waals surface area contributed by atoms with Crippen molar-refractivity contribution in [2.24, 2.45) is 11.3 Å². The van der Waals surface area contributed by atoms with Crippen molar-refractivity contribution in [2.45, 2.75) is 45.0 Å². The Labute approximate surface area is 299 Å². The number of hydrogen-bond donors (Lipinski definition) is 3. The molecule has 0 amide bonds. The number of anilines is 3. The first-order valence-corrected chi connectivity index (χ1v) is 17.7. The molecule has 2 fully saturated rings. The number of nitrogen functional groups attached to an aromatic ring is 2. The van der Waals surface area contributed by atoms with Crippen LogP contribution < -0.4 is 21.5 Å². The first-order chi connectivity index (χ1) is 24.5. The van der Waals surface area contributed by atoms with Crippen LogP contribution in [-0.2, 0) is 0 Å². The number of ether oxygens (including phenoxy) is 1. The molecular weight excluding hydrogens is 706 g/mol. The van der Waals surface area contributed by atoms with Crippen LogP contribution in [-0.4, -0.2) is 64.0 Å². The van der Waals surface area contributed by atoms with Gasteiger partial charge in [-0.1, -0.05) is 24.6 Å². The molecular formula is C35H34ClF4N9OS. The predicted octanol–water partition coefficient (Wildman–Crippen LogP) is 7.62. The summed E-state index contributed by atoms with van der Waals surface area (Å²) in [7, 11) is 0. The van der Waals surface area contributed by atoms with Gasteiger partial charge in [-0.05, 0) is 56.5 Å². The molecule has 1 atom stereocenters. The number of fused-ring (bicyclic) bond motifs is 2. The second-order valence-electron chi connectivity index (χ2n) is 13.4.